The van der Waals surface area contributed by atoms with E-state index >= 15 is 0 Å². The predicted molar refractivity (Wildman–Crippen MR) is 63.1 cm³/mol. The molecule has 0 aromatic carbocycles. The van der Waals surface area contributed by atoms with Gasteiger partial charge in [0.15, 0.2) is 13.5 Å². The molecule has 0 N–H and O–H groups in total. The van der Waals surface area contributed by atoms with Crippen molar-refractivity contribution in [3.8, 4) is 0 Å². The Morgan fingerprint density at radius 1 is 0.833 bits per heavy atom. The van der Waals surface area contributed by atoms with Crippen LogP contribution in [-0.4, -0.2) is 22.3 Å². The van der Waals surface area contributed by atoms with Gasteiger partial charge in [0.05, 0.1) is 27.3 Å². The minimum Gasteiger partial charge on any atom is -0.339 e. The zero-order chi connectivity index (χ0) is 12.8. The summed E-state index contributed by atoms with van der Waals surface area (Å²) in [5.41, 5.74) is 0. The first-order valence-corrected chi connectivity index (χ1v) is 5.91. The summed E-state index contributed by atoms with van der Waals surface area (Å²) in [5.74, 6) is 0. The van der Waals surface area contributed by atoms with Crippen molar-refractivity contribution in [3.63, 3.8) is 0 Å². The fraction of sp³-hybridized carbons (Fsp3) is 0.500. The molecule has 0 aliphatic heterocycles. The van der Waals surface area contributed by atoms with Gasteiger partial charge in [0, 0.05) is 0 Å². The zero-order valence-corrected chi connectivity index (χ0v) is 10.9. The van der Waals surface area contributed by atoms with E-state index in [1.165, 1.54) is 0 Å². The SMILES string of the molecule is C[n+]1ccn(COCCOCn2cc[n+](C)c2)c1. The molecule has 0 bridgehead atoms. The van der Waals surface area contributed by atoms with Crippen molar-refractivity contribution in [2.45, 2.75) is 13.5 Å². The number of nitrogens with zero attached hydrogens (tertiary/aromatic N) is 4. The Morgan fingerprint density at radius 3 is 1.61 bits per heavy atom. The number of aromatic nitrogens is 4. The molecule has 2 heterocycles. The first-order chi connectivity index (χ1) is 8.74. The fourth-order valence-electron chi connectivity index (χ4n) is 1.61. The van der Waals surface area contributed by atoms with Crippen molar-refractivity contribution in [2.75, 3.05) is 13.2 Å². The third kappa shape index (κ3) is 3.97. The van der Waals surface area contributed by atoms with Gasteiger partial charge in [0.2, 0.25) is 12.7 Å². The molecule has 0 spiro atoms. The predicted octanol–water partition coefficient (Wildman–Crippen LogP) is -0.413. The van der Waals surface area contributed by atoms with Crippen LogP contribution in [0.5, 0.6) is 0 Å². The summed E-state index contributed by atoms with van der Waals surface area (Å²) in [6.07, 6.45) is 11.8. The quantitative estimate of drug-likeness (QED) is 0.496. The molecule has 18 heavy (non-hydrogen) atoms. The summed E-state index contributed by atoms with van der Waals surface area (Å²) in [7, 11) is 3.97. The first kappa shape index (κ1) is 12.8. The molecular formula is C12H20N4O2+2. The molecule has 0 saturated carbocycles. The molecule has 0 aliphatic rings. The monoisotopic (exact) mass is 252 g/mol. The van der Waals surface area contributed by atoms with Crippen molar-refractivity contribution >= 4 is 0 Å². The highest BCUT2D eigenvalue weighted by Crippen LogP contribution is 1.89. The van der Waals surface area contributed by atoms with Crippen molar-refractivity contribution in [1.29, 1.82) is 0 Å². The van der Waals surface area contributed by atoms with E-state index in [4.69, 9.17) is 9.47 Å². The normalized spacial score (nSPS) is 11.0. The lowest BCUT2D eigenvalue weighted by atomic mass is 10.8. The summed E-state index contributed by atoms with van der Waals surface area (Å²) < 4.78 is 18.9. The van der Waals surface area contributed by atoms with E-state index in [1.807, 2.05) is 69.8 Å². The van der Waals surface area contributed by atoms with Crippen LogP contribution in [0.2, 0.25) is 0 Å². The molecule has 0 saturated heterocycles. The molecule has 0 atom stereocenters. The topological polar surface area (TPSA) is 36.1 Å². The summed E-state index contributed by atoms with van der Waals surface area (Å²) in [5, 5.41) is 0. The second-order valence-electron chi connectivity index (χ2n) is 4.26. The highest BCUT2D eigenvalue weighted by molar-refractivity contribution is 4.63. The van der Waals surface area contributed by atoms with Gasteiger partial charge in [-0.25, -0.2) is 18.3 Å². The Labute approximate surface area is 107 Å². The molecule has 0 fully saturated rings. The largest absolute Gasteiger partial charge is 0.339 e. The standard InChI is InChI=1S/C12H20N4O2/c1-13-3-5-15(9-13)11-17-7-8-18-12-16-6-4-14(2)10-16/h3-6,9-10H,7-8,11-12H2,1-2H3/q+2. The van der Waals surface area contributed by atoms with E-state index in [9.17, 15) is 0 Å². The van der Waals surface area contributed by atoms with Crippen LogP contribution in [0.3, 0.4) is 0 Å². The Morgan fingerprint density at radius 2 is 1.28 bits per heavy atom. The van der Waals surface area contributed by atoms with Gasteiger partial charge in [-0.15, -0.1) is 0 Å². The second-order valence-corrected chi connectivity index (χ2v) is 4.26. The average Bonchev–Trinajstić information content (AvgIpc) is 2.93. The second kappa shape index (κ2) is 6.32. The van der Waals surface area contributed by atoms with Gasteiger partial charge >= 0.3 is 0 Å². The van der Waals surface area contributed by atoms with Gasteiger partial charge in [0.25, 0.3) is 0 Å². The zero-order valence-electron chi connectivity index (χ0n) is 10.9. The molecule has 0 amide bonds. The number of hydrogen-bond donors (Lipinski definition) is 0. The first-order valence-electron chi connectivity index (χ1n) is 5.91. The maximum atomic E-state index is 5.49. The molecule has 2 rings (SSSR count). The Kier molecular flexibility index (Phi) is 4.49. The molecule has 2 aromatic rings. The lowest BCUT2D eigenvalue weighted by Gasteiger charge is -2.02. The Balaban J connectivity index is 1.54. The molecule has 6 heteroatoms. The van der Waals surface area contributed by atoms with Gasteiger partial charge in [-0.3, -0.25) is 0 Å². The molecule has 0 radical (unpaired) electrons. The van der Waals surface area contributed by atoms with Gasteiger partial charge in [-0.1, -0.05) is 0 Å². The number of rotatable bonds is 7. The van der Waals surface area contributed by atoms with E-state index in [0.717, 1.165) is 0 Å². The van der Waals surface area contributed by atoms with Crippen molar-refractivity contribution in [1.82, 2.24) is 9.13 Å². The van der Waals surface area contributed by atoms with Gasteiger partial charge in [0.1, 0.15) is 24.8 Å². The summed E-state index contributed by atoms with van der Waals surface area (Å²) in [6.45, 7) is 2.30. The summed E-state index contributed by atoms with van der Waals surface area (Å²) in [6, 6.07) is 0. The van der Waals surface area contributed by atoms with E-state index in [-0.39, 0.29) is 0 Å². The molecule has 98 valence electrons. The smallest absolute Gasteiger partial charge is 0.245 e. The minimum atomic E-state index is 0.558. The van der Waals surface area contributed by atoms with Crippen LogP contribution in [0, 0.1) is 0 Å². The lowest BCUT2D eigenvalue weighted by Crippen LogP contribution is -2.24. The Hall–Kier alpha value is -1.66. The van der Waals surface area contributed by atoms with Crippen LogP contribution in [-0.2, 0) is 37.0 Å². The minimum absolute atomic E-state index is 0.558. The van der Waals surface area contributed by atoms with Crippen LogP contribution in [0.15, 0.2) is 37.4 Å². The highest BCUT2D eigenvalue weighted by atomic mass is 16.5. The van der Waals surface area contributed by atoms with Crippen LogP contribution in [0.4, 0.5) is 0 Å². The van der Waals surface area contributed by atoms with Crippen LogP contribution in [0.25, 0.3) is 0 Å². The van der Waals surface area contributed by atoms with Crippen molar-refractivity contribution in [3.05, 3.63) is 37.4 Å². The van der Waals surface area contributed by atoms with E-state index in [2.05, 4.69) is 0 Å². The molecule has 2 aromatic heterocycles. The van der Waals surface area contributed by atoms with Gasteiger partial charge in [-0.2, -0.15) is 0 Å². The molecule has 0 unspecified atom stereocenters. The lowest BCUT2D eigenvalue weighted by molar-refractivity contribution is -0.671. The third-order valence-corrected chi connectivity index (χ3v) is 2.50. The number of hydrogen-bond acceptors (Lipinski definition) is 2. The summed E-state index contributed by atoms with van der Waals surface area (Å²) in [4.78, 5) is 0. The highest BCUT2D eigenvalue weighted by Gasteiger charge is 2.01. The fourth-order valence-corrected chi connectivity index (χ4v) is 1.61. The van der Waals surface area contributed by atoms with Gasteiger partial charge in [-0.05, 0) is 0 Å². The van der Waals surface area contributed by atoms with Gasteiger partial charge < -0.3 is 9.47 Å². The number of imidazole rings is 2. The maximum absolute atomic E-state index is 5.49. The van der Waals surface area contributed by atoms with Crippen LogP contribution < -0.4 is 9.13 Å². The van der Waals surface area contributed by atoms with E-state index < -0.39 is 0 Å². The molecule has 0 aliphatic carbocycles. The maximum Gasteiger partial charge on any atom is 0.245 e. The van der Waals surface area contributed by atoms with E-state index in [1.54, 1.807) is 0 Å². The van der Waals surface area contributed by atoms with Crippen molar-refractivity contribution in [2.24, 2.45) is 14.1 Å². The number of aryl methyl sites for hydroxylation is 2. The number of ether oxygens (including phenoxy) is 2. The molecular weight excluding hydrogens is 232 g/mol. The van der Waals surface area contributed by atoms with Crippen LogP contribution in [0.1, 0.15) is 0 Å². The summed E-state index contributed by atoms with van der Waals surface area (Å²) >= 11 is 0. The average molecular weight is 252 g/mol. The van der Waals surface area contributed by atoms with E-state index in [0.29, 0.717) is 26.7 Å². The van der Waals surface area contributed by atoms with Crippen molar-refractivity contribution < 1.29 is 18.6 Å². The Bertz CT molecular complexity index is 434. The van der Waals surface area contributed by atoms with Crippen LogP contribution >= 0.6 is 0 Å². The molecule has 6 nitrogen and oxygen atoms in total. The third-order valence-electron chi connectivity index (χ3n) is 2.50.